The normalized spacial score (nSPS) is 11.2. The lowest BCUT2D eigenvalue weighted by Crippen LogP contribution is -2.29. The van der Waals surface area contributed by atoms with Gasteiger partial charge in [0.1, 0.15) is 6.10 Å². The first-order chi connectivity index (χ1) is 26.4. The Morgan fingerprint density at radius 1 is 0.481 bits per heavy atom. The standard InChI is InChI=1S/C28H56N2O4.C18H36O2/c1-4-7-10-11-13-16-21-30(23-18-20-29)22-17-14-12-15-19-26(27(31)33-24-8-5-2)28(32)34-25-9-6-3;1-3-5-7-9-11-13-15-18(20-17-19)16-14-12-10-8-6-4-2/h26H,4-25,29H2,1-3H3;17-18H,3-16H2,1-2H3. The number of ether oxygens (including phenoxy) is 3. The molecule has 322 valence electrons. The number of hydrogen-bond acceptors (Lipinski definition) is 8. The topological polar surface area (TPSA) is 108 Å². The Labute approximate surface area is 335 Å². The summed E-state index contributed by atoms with van der Waals surface area (Å²) in [6.45, 7) is 16.4. The molecule has 0 aromatic carbocycles. The van der Waals surface area contributed by atoms with Gasteiger partial charge in [0.15, 0.2) is 5.92 Å². The lowest BCUT2D eigenvalue weighted by molar-refractivity contribution is -0.162. The van der Waals surface area contributed by atoms with Crippen molar-refractivity contribution in [3.05, 3.63) is 0 Å². The van der Waals surface area contributed by atoms with Crippen molar-refractivity contribution < 1.29 is 28.6 Å². The second kappa shape index (κ2) is 45.7. The number of unbranched alkanes of at least 4 members (excludes halogenated alkanes) is 20. The molecule has 0 unspecified atom stereocenters. The molecule has 0 heterocycles. The number of nitrogens with two attached hydrogens (primary N) is 1. The molecule has 0 fully saturated rings. The Kier molecular flexibility index (Phi) is 46.1. The number of nitrogens with zero attached hydrogens (tertiary/aromatic N) is 1. The van der Waals surface area contributed by atoms with Gasteiger partial charge in [-0.3, -0.25) is 14.4 Å². The molecule has 0 aliphatic carbocycles. The Morgan fingerprint density at radius 3 is 1.22 bits per heavy atom. The van der Waals surface area contributed by atoms with E-state index in [1.165, 1.54) is 122 Å². The van der Waals surface area contributed by atoms with Crippen LogP contribution in [0.2, 0.25) is 0 Å². The zero-order chi connectivity index (χ0) is 40.2. The van der Waals surface area contributed by atoms with Crippen LogP contribution < -0.4 is 5.73 Å². The van der Waals surface area contributed by atoms with E-state index in [-0.39, 0.29) is 6.10 Å². The van der Waals surface area contributed by atoms with E-state index in [1.807, 2.05) is 0 Å². The van der Waals surface area contributed by atoms with Crippen molar-refractivity contribution in [1.82, 2.24) is 4.90 Å². The minimum absolute atomic E-state index is 0.171. The van der Waals surface area contributed by atoms with E-state index >= 15 is 0 Å². The van der Waals surface area contributed by atoms with E-state index in [0.29, 0.717) is 26.1 Å². The fraction of sp³-hybridized carbons (Fsp3) is 0.935. The number of carbonyl (C=O) groups excluding carboxylic acids is 3. The molecular weight excluding hydrogens is 677 g/mol. The van der Waals surface area contributed by atoms with Gasteiger partial charge >= 0.3 is 11.9 Å². The Morgan fingerprint density at radius 2 is 0.833 bits per heavy atom. The van der Waals surface area contributed by atoms with Crippen LogP contribution in [0.1, 0.15) is 227 Å². The van der Waals surface area contributed by atoms with Gasteiger partial charge in [0, 0.05) is 0 Å². The smallest absolute Gasteiger partial charge is 0.320 e. The van der Waals surface area contributed by atoms with Crippen molar-refractivity contribution in [2.75, 3.05) is 39.4 Å². The Bertz CT molecular complexity index is 744. The van der Waals surface area contributed by atoms with Crippen molar-refractivity contribution in [1.29, 1.82) is 0 Å². The summed E-state index contributed by atoms with van der Waals surface area (Å²) in [5.74, 6) is -1.61. The monoisotopic (exact) mass is 769 g/mol. The molecule has 0 aromatic heterocycles. The largest absolute Gasteiger partial charge is 0.465 e. The summed E-state index contributed by atoms with van der Waals surface area (Å²) in [7, 11) is 0. The summed E-state index contributed by atoms with van der Waals surface area (Å²) in [6, 6.07) is 0. The minimum atomic E-state index is -0.775. The van der Waals surface area contributed by atoms with Crippen LogP contribution in [0, 0.1) is 5.92 Å². The molecule has 0 aliphatic heterocycles. The second-order valence-electron chi connectivity index (χ2n) is 15.5. The fourth-order valence-electron chi connectivity index (χ4n) is 6.63. The van der Waals surface area contributed by atoms with Gasteiger partial charge < -0.3 is 24.8 Å². The lowest BCUT2D eigenvalue weighted by Gasteiger charge is -2.22. The first-order valence-electron chi connectivity index (χ1n) is 23.3. The molecule has 0 amide bonds. The van der Waals surface area contributed by atoms with Crippen LogP contribution >= 0.6 is 0 Å². The molecule has 8 heteroatoms. The zero-order valence-electron chi connectivity index (χ0n) is 36.7. The van der Waals surface area contributed by atoms with Gasteiger partial charge in [-0.1, -0.05) is 163 Å². The van der Waals surface area contributed by atoms with Crippen LogP contribution in [0.4, 0.5) is 0 Å². The van der Waals surface area contributed by atoms with Crippen molar-refractivity contribution >= 4 is 18.4 Å². The van der Waals surface area contributed by atoms with Crippen LogP contribution in [-0.4, -0.2) is 68.8 Å². The highest BCUT2D eigenvalue weighted by Gasteiger charge is 2.29. The van der Waals surface area contributed by atoms with Crippen LogP contribution in [0.5, 0.6) is 0 Å². The SMILES string of the molecule is CCCCCCCCC(CCCCCCCC)OC=O.CCCCCCCCN(CCCN)CCCCCCC(C(=O)OCCCC)C(=O)OCCCC. The number of rotatable bonds is 41. The highest BCUT2D eigenvalue weighted by molar-refractivity contribution is 5.94. The van der Waals surface area contributed by atoms with Gasteiger partial charge in [-0.2, -0.15) is 0 Å². The van der Waals surface area contributed by atoms with Crippen molar-refractivity contribution in [2.45, 2.75) is 233 Å². The molecule has 0 saturated heterocycles. The lowest BCUT2D eigenvalue weighted by atomic mass is 10.0. The molecule has 2 N–H and O–H groups in total. The van der Waals surface area contributed by atoms with Gasteiger partial charge in [0.05, 0.1) is 13.2 Å². The third-order valence-electron chi connectivity index (χ3n) is 10.3. The molecule has 0 bridgehead atoms. The fourth-order valence-corrected chi connectivity index (χ4v) is 6.63. The van der Waals surface area contributed by atoms with Gasteiger partial charge in [0.2, 0.25) is 0 Å². The molecule has 54 heavy (non-hydrogen) atoms. The maximum absolute atomic E-state index is 12.4. The summed E-state index contributed by atoms with van der Waals surface area (Å²) < 4.78 is 15.9. The molecule has 8 nitrogen and oxygen atoms in total. The first-order valence-corrected chi connectivity index (χ1v) is 23.3. The van der Waals surface area contributed by atoms with Crippen molar-refractivity contribution in [3.8, 4) is 0 Å². The quantitative estimate of drug-likeness (QED) is 0.0215. The second-order valence-corrected chi connectivity index (χ2v) is 15.5. The minimum Gasteiger partial charge on any atom is -0.465 e. The van der Waals surface area contributed by atoms with E-state index in [2.05, 4.69) is 39.5 Å². The molecule has 0 spiro atoms. The summed E-state index contributed by atoms with van der Waals surface area (Å²) in [4.78, 5) is 38.0. The third kappa shape index (κ3) is 38.6. The van der Waals surface area contributed by atoms with Gasteiger partial charge in [-0.25, -0.2) is 0 Å². The van der Waals surface area contributed by atoms with Crippen LogP contribution in [0.3, 0.4) is 0 Å². The highest BCUT2D eigenvalue weighted by Crippen LogP contribution is 2.18. The maximum Gasteiger partial charge on any atom is 0.320 e. The predicted octanol–water partition coefficient (Wildman–Crippen LogP) is 12.3. The number of esters is 2. The Hall–Kier alpha value is -1.67. The molecule has 0 saturated carbocycles. The molecule has 0 aromatic rings. The van der Waals surface area contributed by atoms with Crippen molar-refractivity contribution in [3.63, 3.8) is 0 Å². The van der Waals surface area contributed by atoms with Gasteiger partial charge in [-0.05, 0) is 90.4 Å². The van der Waals surface area contributed by atoms with E-state index in [1.54, 1.807) is 0 Å². The van der Waals surface area contributed by atoms with E-state index < -0.39 is 17.9 Å². The molecular formula is C46H92N2O6. The number of carbonyl (C=O) groups is 3. The third-order valence-corrected chi connectivity index (χ3v) is 10.3. The highest BCUT2D eigenvalue weighted by atomic mass is 16.6. The van der Waals surface area contributed by atoms with E-state index in [0.717, 1.165) is 90.3 Å². The van der Waals surface area contributed by atoms with Crippen LogP contribution in [-0.2, 0) is 28.6 Å². The van der Waals surface area contributed by atoms with Crippen LogP contribution in [0.15, 0.2) is 0 Å². The molecule has 0 atom stereocenters. The Balaban J connectivity index is 0. The van der Waals surface area contributed by atoms with Gasteiger partial charge in [0.25, 0.3) is 6.47 Å². The number of hydrogen-bond donors (Lipinski definition) is 1. The molecule has 0 aliphatic rings. The van der Waals surface area contributed by atoms with E-state index in [4.69, 9.17) is 19.9 Å². The predicted molar refractivity (Wildman–Crippen MR) is 229 cm³/mol. The van der Waals surface area contributed by atoms with Gasteiger partial charge in [-0.15, -0.1) is 0 Å². The van der Waals surface area contributed by atoms with Crippen molar-refractivity contribution in [2.24, 2.45) is 11.7 Å². The average molecular weight is 769 g/mol. The first kappa shape index (κ1) is 54.4. The summed E-state index contributed by atoms with van der Waals surface area (Å²) in [5, 5.41) is 0. The molecule has 0 rings (SSSR count). The summed E-state index contributed by atoms with van der Waals surface area (Å²) >= 11 is 0. The average Bonchev–Trinajstić information content (AvgIpc) is 3.17. The van der Waals surface area contributed by atoms with Crippen LogP contribution in [0.25, 0.3) is 0 Å². The summed E-state index contributed by atoms with van der Waals surface area (Å²) in [5.41, 5.74) is 5.73. The summed E-state index contributed by atoms with van der Waals surface area (Å²) in [6.07, 6.45) is 35.1. The molecule has 0 radical (unpaired) electrons. The zero-order valence-corrected chi connectivity index (χ0v) is 36.7. The maximum atomic E-state index is 12.4. The van der Waals surface area contributed by atoms with E-state index in [9.17, 15) is 14.4 Å².